The molecule has 0 saturated heterocycles. The quantitative estimate of drug-likeness (QED) is 0.615. The van der Waals surface area contributed by atoms with E-state index in [2.05, 4.69) is 48.3 Å². The van der Waals surface area contributed by atoms with Gasteiger partial charge in [-0.1, -0.05) is 23.7 Å². The predicted octanol–water partition coefficient (Wildman–Crippen LogP) is 4.66. The topological polar surface area (TPSA) is 41.6 Å². The van der Waals surface area contributed by atoms with Crippen molar-refractivity contribution in [3.63, 3.8) is 0 Å². The van der Waals surface area contributed by atoms with Crippen LogP contribution in [0.4, 0.5) is 5.69 Å². The number of carbonyl (C=O) groups is 1. The van der Waals surface area contributed by atoms with Gasteiger partial charge in [0, 0.05) is 36.8 Å². The van der Waals surface area contributed by atoms with Crippen molar-refractivity contribution in [2.45, 2.75) is 33.2 Å². The Hall–Kier alpha value is -2.20. The molecule has 1 amide bonds. The molecule has 0 saturated carbocycles. The first kappa shape index (κ1) is 20.1. The Morgan fingerprint density at radius 2 is 1.69 bits per heavy atom. The van der Waals surface area contributed by atoms with Crippen LogP contribution in [0, 0.1) is 0 Å². The van der Waals surface area contributed by atoms with Crippen LogP contribution >= 0.6 is 11.6 Å². The van der Waals surface area contributed by atoms with Gasteiger partial charge in [-0.3, -0.25) is 4.79 Å². The normalized spacial score (nSPS) is 10.4. The van der Waals surface area contributed by atoms with Crippen molar-refractivity contribution in [3.8, 4) is 5.75 Å². The van der Waals surface area contributed by atoms with Crippen LogP contribution in [0.25, 0.3) is 0 Å². The number of benzene rings is 2. The van der Waals surface area contributed by atoms with E-state index < -0.39 is 0 Å². The molecule has 0 heterocycles. The summed E-state index contributed by atoms with van der Waals surface area (Å²) in [6.07, 6.45) is 1.13. The summed E-state index contributed by atoms with van der Waals surface area (Å²) in [6.45, 7) is 7.33. The Labute approximate surface area is 161 Å². The third kappa shape index (κ3) is 6.60. The number of carbonyl (C=O) groups excluding carboxylic acids is 1. The Morgan fingerprint density at radius 3 is 2.31 bits per heavy atom. The van der Waals surface area contributed by atoms with Crippen LogP contribution in [0.3, 0.4) is 0 Å². The number of halogens is 1. The number of amides is 1. The summed E-state index contributed by atoms with van der Waals surface area (Å²) >= 11 is 5.83. The summed E-state index contributed by atoms with van der Waals surface area (Å²) in [7, 11) is 0. The highest BCUT2D eigenvalue weighted by Gasteiger charge is 2.04. The minimum atomic E-state index is 0.0394. The first-order valence-electron chi connectivity index (χ1n) is 9.11. The number of rotatable bonds is 10. The summed E-state index contributed by atoms with van der Waals surface area (Å²) in [5.41, 5.74) is 2.32. The number of ether oxygens (including phenoxy) is 1. The van der Waals surface area contributed by atoms with Gasteiger partial charge in [-0.05, 0) is 62.2 Å². The van der Waals surface area contributed by atoms with E-state index in [1.165, 1.54) is 5.69 Å². The molecule has 5 heteroatoms. The van der Waals surface area contributed by atoms with E-state index in [9.17, 15) is 4.79 Å². The molecule has 26 heavy (non-hydrogen) atoms. The molecule has 0 aliphatic rings. The fraction of sp³-hybridized carbons (Fsp3) is 0.381. The molecule has 0 aliphatic carbocycles. The van der Waals surface area contributed by atoms with Crippen LogP contribution in [0.15, 0.2) is 48.5 Å². The van der Waals surface area contributed by atoms with Crippen LogP contribution in [0.5, 0.6) is 5.75 Å². The number of nitrogens with one attached hydrogen (secondary N) is 1. The fourth-order valence-electron chi connectivity index (χ4n) is 2.66. The molecule has 2 aromatic carbocycles. The first-order chi connectivity index (χ1) is 12.6. The van der Waals surface area contributed by atoms with Crippen molar-refractivity contribution in [2.75, 3.05) is 24.6 Å². The molecule has 0 atom stereocenters. The maximum atomic E-state index is 11.9. The van der Waals surface area contributed by atoms with Crippen molar-refractivity contribution < 1.29 is 9.53 Å². The standard InChI is InChI=1S/C21H27ClN2O2/c1-3-24(4-2)19-11-7-17(8-12-19)16-23-21(25)6-5-15-26-20-13-9-18(22)10-14-20/h7-14H,3-6,15-16H2,1-2H3,(H,23,25). The van der Waals surface area contributed by atoms with Gasteiger partial charge < -0.3 is 15.0 Å². The number of hydrogen-bond donors (Lipinski definition) is 1. The molecule has 0 aliphatic heterocycles. The molecule has 4 nitrogen and oxygen atoms in total. The third-order valence-corrected chi connectivity index (χ3v) is 4.44. The number of nitrogens with zero attached hydrogens (tertiary/aromatic N) is 1. The van der Waals surface area contributed by atoms with Crippen LogP contribution in [0.1, 0.15) is 32.3 Å². The minimum Gasteiger partial charge on any atom is -0.494 e. The zero-order chi connectivity index (χ0) is 18.8. The van der Waals surface area contributed by atoms with Gasteiger partial charge in [-0.15, -0.1) is 0 Å². The Kier molecular flexibility index (Phi) is 8.29. The van der Waals surface area contributed by atoms with Gasteiger partial charge in [0.2, 0.25) is 5.91 Å². The lowest BCUT2D eigenvalue weighted by Crippen LogP contribution is -2.23. The van der Waals surface area contributed by atoms with E-state index in [1.54, 1.807) is 12.1 Å². The van der Waals surface area contributed by atoms with E-state index >= 15 is 0 Å². The second kappa shape index (κ2) is 10.7. The van der Waals surface area contributed by atoms with Crippen LogP contribution in [-0.4, -0.2) is 25.6 Å². The monoisotopic (exact) mass is 374 g/mol. The Bertz CT molecular complexity index is 667. The molecular formula is C21H27ClN2O2. The van der Waals surface area contributed by atoms with Crippen molar-refractivity contribution >= 4 is 23.2 Å². The molecule has 1 N–H and O–H groups in total. The largest absolute Gasteiger partial charge is 0.494 e. The van der Waals surface area contributed by atoms with Crippen LogP contribution < -0.4 is 15.0 Å². The van der Waals surface area contributed by atoms with Crippen LogP contribution in [0.2, 0.25) is 5.02 Å². The van der Waals surface area contributed by atoms with Crippen molar-refractivity contribution in [3.05, 3.63) is 59.1 Å². The van der Waals surface area contributed by atoms with Gasteiger partial charge in [0.25, 0.3) is 0 Å². The maximum Gasteiger partial charge on any atom is 0.220 e. The van der Waals surface area contributed by atoms with Gasteiger partial charge in [0.05, 0.1) is 6.61 Å². The summed E-state index contributed by atoms with van der Waals surface area (Å²) in [5.74, 6) is 0.806. The minimum absolute atomic E-state index is 0.0394. The van der Waals surface area contributed by atoms with Gasteiger partial charge in [-0.2, -0.15) is 0 Å². The summed E-state index contributed by atoms with van der Waals surface area (Å²) in [5, 5.41) is 3.64. The molecule has 140 valence electrons. The number of anilines is 1. The second-order valence-electron chi connectivity index (χ2n) is 6.02. The van der Waals surface area contributed by atoms with E-state index in [0.29, 0.717) is 31.0 Å². The Morgan fingerprint density at radius 1 is 1.04 bits per heavy atom. The van der Waals surface area contributed by atoms with E-state index in [-0.39, 0.29) is 5.91 Å². The molecule has 0 spiro atoms. The zero-order valence-corrected chi connectivity index (χ0v) is 16.3. The molecule has 2 aromatic rings. The summed E-state index contributed by atoms with van der Waals surface area (Å²) in [4.78, 5) is 14.2. The lowest BCUT2D eigenvalue weighted by atomic mass is 10.2. The van der Waals surface area contributed by atoms with E-state index in [4.69, 9.17) is 16.3 Å². The average molecular weight is 375 g/mol. The lowest BCUT2D eigenvalue weighted by molar-refractivity contribution is -0.121. The van der Waals surface area contributed by atoms with Gasteiger partial charge >= 0.3 is 0 Å². The van der Waals surface area contributed by atoms with Crippen molar-refractivity contribution in [2.24, 2.45) is 0 Å². The third-order valence-electron chi connectivity index (χ3n) is 4.19. The van der Waals surface area contributed by atoms with Crippen molar-refractivity contribution in [1.29, 1.82) is 0 Å². The average Bonchev–Trinajstić information content (AvgIpc) is 2.67. The first-order valence-corrected chi connectivity index (χ1v) is 9.49. The highest BCUT2D eigenvalue weighted by Crippen LogP contribution is 2.16. The fourth-order valence-corrected chi connectivity index (χ4v) is 2.78. The maximum absolute atomic E-state index is 11.9. The zero-order valence-electron chi connectivity index (χ0n) is 15.5. The highest BCUT2D eigenvalue weighted by atomic mass is 35.5. The van der Waals surface area contributed by atoms with E-state index in [0.717, 1.165) is 24.4 Å². The second-order valence-corrected chi connectivity index (χ2v) is 6.46. The van der Waals surface area contributed by atoms with E-state index in [1.807, 2.05) is 12.1 Å². The van der Waals surface area contributed by atoms with Crippen molar-refractivity contribution in [1.82, 2.24) is 5.32 Å². The molecule has 0 fully saturated rings. The molecule has 0 bridgehead atoms. The molecule has 0 radical (unpaired) electrons. The molecule has 0 aromatic heterocycles. The lowest BCUT2D eigenvalue weighted by Gasteiger charge is -2.21. The summed E-state index contributed by atoms with van der Waals surface area (Å²) in [6, 6.07) is 15.6. The molecular weight excluding hydrogens is 348 g/mol. The summed E-state index contributed by atoms with van der Waals surface area (Å²) < 4.78 is 5.59. The number of hydrogen-bond acceptors (Lipinski definition) is 3. The molecule has 0 unspecified atom stereocenters. The van der Waals surface area contributed by atoms with Gasteiger partial charge in [-0.25, -0.2) is 0 Å². The molecule has 2 rings (SSSR count). The predicted molar refractivity (Wildman–Crippen MR) is 108 cm³/mol. The van der Waals surface area contributed by atoms with Crippen LogP contribution in [-0.2, 0) is 11.3 Å². The smallest absolute Gasteiger partial charge is 0.220 e. The van der Waals surface area contributed by atoms with Gasteiger partial charge in [0.1, 0.15) is 5.75 Å². The van der Waals surface area contributed by atoms with Gasteiger partial charge in [0.15, 0.2) is 0 Å². The Balaban J connectivity index is 1.66. The SMILES string of the molecule is CCN(CC)c1ccc(CNC(=O)CCCOc2ccc(Cl)cc2)cc1. The highest BCUT2D eigenvalue weighted by molar-refractivity contribution is 6.30.